The Balaban J connectivity index is 1.27. The molecule has 51 heavy (non-hydrogen) atoms. The first-order valence-electron chi connectivity index (χ1n) is 17.5. The predicted molar refractivity (Wildman–Crippen MR) is 187 cm³/mol. The van der Waals surface area contributed by atoms with E-state index < -0.39 is 69.2 Å². The Morgan fingerprint density at radius 1 is 1.08 bits per heavy atom. The molecule has 2 heterocycles. The second-order valence-corrected chi connectivity index (χ2v) is 15.5. The molecule has 4 fully saturated rings. The van der Waals surface area contributed by atoms with Gasteiger partial charge in [0.25, 0.3) is 5.91 Å². The fourth-order valence-corrected chi connectivity index (χ4v) is 8.03. The number of hydrogen-bond donors (Lipinski definition) is 3. The van der Waals surface area contributed by atoms with Crippen LogP contribution in [0.2, 0.25) is 0 Å². The van der Waals surface area contributed by atoms with Crippen molar-refractivity contribution in [3.05, 3.63) is 54.6 Å². The minimum absolute atomic E-state index is 0.0297. The van der Waals surface area contributed by atoms with E-state index in [2.05, 4.69) is 21.9 Å². The number of carbonyl (C=O) groups is 4. The van der Waals surface area contributed by atoms with Gasteiger partial charge in [-0.05, 0) is 63.5 Å². The summed E-state index contributed by atoms with van der Waals surface area (Å²) < 4.78 is 45.2. The number of pyridine rings is 1. The van der Waals surface area contributed by atoms with Crippen LogP contribution in [0.5, 0.6) is 11.6 Å². The summed E-state index contributed by atoms with van der Waals surface area (Å²) in [6.45, 7) is 5.37. The van der Waals surface area contributed by atoms with Crippen LogP contribution in [0.1, 0.15) is 63.9 Å². The number of rotatable bonds is 15. The summed E-state index contributed by atoms with van der Waals surface area (Å²) in [6, 6.07) is 6.38. The molecule has 4 amide bonds. The average molecular weight is 724 g/mol. The van der Waals surface area contributed by atoms with Crippen molar-refractivity contribution in [1.82, 2.24) is 25.2 Å². The van der Waals surface area contributed by atoms with Gasteiger partial charge in [0.2, 0.25) is 27.7 Å². The number of nitrogens with one attached hydrogen (secondary N) is 3. The van der Waals surface area contributed by atoms with Crippen molar-refractivity contribution in [1.29, 1.82) is 0 Å². The minimum Gasteiger partial charge on any atom is -0.496 e. The second kappa shape index (κ2) is 14.9. The number of hydrogen-bond acceptors (Lipinski definition) is 10. The summed E-state index contributed by atoms with van der Waals surface area (Å²) >= 11 is 0. The van der Waals surface area contributed by atoms with Gasteiger partial charge in [-0.1, -0.05) is 37.3 Å². The fourth-order valence-electron chi connectivity index (χ4n) is 6.67. The molecule has 0 spiro atoms. The number of methoxy groups -OCH3 is 1. The van der Waals surface area contributed by atoms with Crippen LogP contribution in [0, 0.1) is 5.92 Å². The van der Waals surface area contributed by atoms with Gasteiger partial charge in [-0.3, -0.25) is 19.1 Å². The van der Waals surface area contributed by atoms with Gasteiger partial charge in [0.05, 0.1) is 30.0 Å². The zero-order valence-corrected chi connectivity index (χ0v) is 29.7. The van der Waals surface area contributed by atoms with E-state index in [1.807, 2.05) is 43.3 Å². The van der Waals surface area contributed by atoms with Crippen LogP contribution in [0.15, 0.2) is 49.1 Å². The van der Waals surface area contributed by atoms with Crippen molar-refractivity contribution < 1.29 is 41.8 Å². The van der Waals surface area contributed by atoms with Crippen LogP contribution in [0.25, 0.3) is 10.9 Å². The number of alkyl carbamates (subject to hydrolysis) is 1. The van der Waals surface area contributed by atoms with Crippen molar-refractivity contribution in [2.24, 2.45) is 5.92 Å². The van der Waals surface area contributed by atoms with Gasteiger partial charge in [0, 0.05) is 17.7 Å². The Hall–Kier alpha value is -4.66. The van der Waals surface area contributed by atoms with Gasteiger partial charge < -0.3 is 29.7 Å². The fraction of sp³-hybridized carbons (Fsp3) is 0.528. The summed E-state index contributed by atoms with van der Waals surface area (Å²) in [5.41, 5.74) is -0.222. The summed E-state index contributed by atoms with van der Waals surface area (Å²) in [5.74, 6) is -1.68. The minimum atomic E-state index is -3.90. The number of sulfonamides is 1. The predicted octanol–water partition coefficient (Wildman–Crippen LogP) is 3.05. The van der Waals surface area contributed by atoms with Crippen molar-refractivity contribution in [3.8, 4) is 11.6 Å². The number of aromatic nitrogens is 1. The van der Waals surface area contributed by atoms with E-state index in [0.29, 0.717) is 48.4 Å². The van der Waals surface area contributed by atoms with Gasteiger partial charge in [-0.15, -0.1) is 6.58 Å². The molecular formula is C36H45N5O9S. The monoisotopic (exact) mass is 723 g/mol. The Bertz CT molecular complexity index is 1840. The van der Waals surface area contributed by atoms with Crippen molar-refractivity contribution >= 4 is 44.7 Å². The molecule has 4 unspecified atom stereocenters. The summed E-state index contributed by atoms with van der Waals surface area (Å²) in [5, 5.41) is 5.46. The molecule has 2 aromatic rings. The van der Waals surface area contributed by atoms with Crippen LogP contribution in [-0.2, 0) is 35.6 Å². The van der Waals surface area contributed by atoms with E-state index in [1.165, 1.54) is 11.0 Å². The number of ether oxygens (including phenoxy) is 3. The molecule has 0 bridgehead atoms. The molecule has 274 valence electrons. The number of benzene rings is 1. The third-order valence-electron chi connectivity index (χ3n) is 9.89. The Morgan fingerprint density at radius 3 is 2.49 bits per heavy atom. The summed E-state index contributed by atoms with van der Waals surface area (Å²) in [7, 11) is -2.32. The van der Waals surface area contributed by atoms with Crippen LogP contribution in [0.3, 0.4) is 0 Å². The first kappa shape index (κ1) is 36.1. The van der Waals surface area contributed by atoms with E-state index >= 15 is 0 Å². The van der Waals surface area contributed by atoms with Gasteiger partial charge in [-0.25, -0.2) is 18.2 Å². The van der Waals surface area contributed by atoms with Gasteiger partial charge in [0.1, 0.15) is 36.1 Å². The lowest BCUT2D eigenvalue weighted by Crippen LogP contribution is -2.70. The lowest BCUT2D eigenvalue weighted by atomic mass is 9.66. The van der Waals surface area contributed by atoms with Crippen molar-refractivity contribution in [2.45, 2.75) is 93.7 Å². The van der Waals surface area contributed by atoms with Crippen LogP contribution in [0.4, 0.5) is 4.79 Å². The van der Waals surface area contributed by atoms with Crippen LogP contribution < -0.4 is 24.8 Å². The zero-order chi connectivity index (χ0) is 36.3. The number of allylic oxidation sites excluding steroid dienone is 2. The van der Waals surface area contributed by atoms with Crippen LogP contribution in [-0.4, -0.2) is 91.4 Å². The zero-order valence-electron chi connectivity index (χ0n) is 28.9. The SMILES string of the molecule is C=CC1CCC1(NC(=O)C1CC(Oc2nc3ccccc3c(OC)c2CC=CCC)CN1C(=O)CNC(=O)OC1CC1)C(=O)NS(=O)(=O)C1CC1. The third kappa shape index (κ3) is 7.82. The van der Waals surface area contributed by atoms with E-state index in [-0.39, 0.29) is 25.5 Å². The Kier molecular flexibility index (Phi) is 10.6. The van der Waals surface area contributed by atoms with E-state index in [4.69, 9.17) is 19.2 Å². The first-order valence-corrected chi connectivity index (χ1v) is 19.1. The average Bonchev–Trinajstić information content (AvgIpc) is 4.04. The number of carbonyl (C=O) groups excluding carboxylic acids is 4. The molecule has 6 rings (SSSR count). The van der Waals surface area contributed by atoms with E-state index in [0.717, 1.165) is 24.6 Å². The molecule has 15 heteroatoms. The third-order valence-corrected chi connectivity index (χ3v) is 11.7. The van der Waals surface area contributed by atoms with Crippen molar-refractivity contribution in [2.75, 3.05) is 20.2 Å². The van der Waals surface area contributed by atoms with E-state index in [9.17, 15) is 27.6 Å². The standard InChI is InChI=1S/C36H45N5O9S/c1-4-6-7-11-27-31(48-3)26-10-8-9-12-28(26)38-33(27)49-24-19-29(41(21-24)30(42)20-37-35(45)50-23-13-14-23)32(43)39-36(18-17-22(36)5-2)34(44)40-51(46,47)25-15-16-25/h5-10,12,22-25,29H,2,4,11,13-21H2,1,3H3,(H,37,45)(H,39,43)(H,40,44). The lowest BCUT2D eigenvalue weighted by Gasteiger charge is -2.47. The highest BCUT2D eigenvalue weighted by Gasteiger charge is 2.56. The molecule has 4 aliphatic rings. The Labute approximate surface area is 297 Å². The van der Waals surface area contributed by atoms with Crippen LogP contribution >= 0.6 is 0 Å². The molecule has 1 saturated heterocycles. The van der Waals surface area contributed by atoms with Crippen molar-refractivity contribution in [3.63, 3.8) is 0 Å². The number of fused-ring (bicyclic) bond motifs is 1. The molecule has 3 saturated carbocycles. The number of amides is 4. The number of likely N-dealkylation sites (tertiary alicyclic amines) is 1. The Morgan fingerprint density at radius 2 is 1.84 bits per heavy atom. The summed E-state index contributed by atoms with van der Waals surface area (Å²) in [6.07, 6.45) is 8.41. The second-order valence-electron chi connectivity index (χ2n) is 13.5. The molecule has 14 nitrogen and oxygen atoms in total. The molecule has 1 aliphatic heterocycles. The molecule has 4 atom stereocenters. The quantitative estimate of drug-likeness (QED) is 0.231. The molecule has 1 aromatic carbocycles. The lowest BCUT2D eigenvalue weighted by molar-refractivity contribution is -0.143. The maximum absolute atomic E-state index is 14.2. The van der Waals surface area contributed by atoms with Gasteiger partial charge in [-0.2, -0.15) is 0 Å². The number of nitrogens with zero attached hydrogens (tertiary/aromatic N) is 2. The molecule has 1 aromatic heterocycles. The highest BCUT2D eigenvalue weighted by atomic mass is 32.2. The largest absolute Gasteiger partial charge is 0.496 e. The number of para-hydroxylation sites is 1. The highest BCUT2D eigenvalue weighted by Crippen LogP contribution is 2.41. The molecule has 3 aliphatic carbocycles. The molecule has 0 radical (unpaired) electrons. The smallest absolute Gasteiger partial charge is 0.407 e. The maximum Gasteiger partial charge on any atom is 0.407 e. The van der Waals surface area contributed by atoms with Gasteiger partial charge >= 0.3 is 6.09 Å². The van der Waals surface area contributed by atoms with E-state index in [1.54, 1.807) is 7.11 Å². The maximum atomic E-state index is 14.2. The highest BCUT2D eigenvalue weighted by molar-refractivity contribution is 7.91. The normalized spacial score (nSPS) is 24.4. The van der Waals surface area contributed by atoms with Gasteiger partial charge in [0.15, 0.2) is 0 Å². The summed E-state index contributed by atoms with van der Waals surface area (Å²) in [4.78, 5) is 59.8. The topological polar surface area (TPSA) is 182 Å². The first-order chi connectivity index (χ1) is 24.5. The molecular weight excluding hydrogens is 678 g/mol. The molecule has 3 N–H and O–H groups in total.